The number of anilines is 2. The minimum absolute atomic E-state index is 0.0665. The Labute approximate surface area is 188 Å². The standard InChI is InChI=1S/C25H30N4O3/c1-4-7-22-15-24(28-32-22)25(30)29-11-6-8-18(16-29)23-14-20(12-17(2)26-23)27-19-9-5-10-21(13-19)31-3/h5,9-10,12-15,18H,4,6-8,11,16H2,1-3H3,(H,26,27)/t18-/m0/s1. The Kier molecular flexibility index (Phi) is 6.73. The van der Waals surface area contributed by atoms with E-state index in [1.54, 1.807) is 13.2 Å². The SMILES string of the molecule is CCCc1cc(C(=O)N2CCC[C@H](c3cc(Nc4cccc(OC)c4)cc(C)n3)C2)no1. The van der Waals surface area contributed by atoms with Crippen molar-refractivity contribution in [3.8, 4) is 5.75 Å². The van der Waals surface area contributed by atoms with Gasteiger partial charge in [-0.25, -0.2) is 0 Å². The second-order valence-electron chi connectivity index (χ2n) is 8.30. The fourth-order valence-electron chi connectivity index (χ4n) is 4.19. The number of hydrogen-bond donors (Lipinski definition) is 1. The molecule has 0 bridgehead atoms. The van der Waals surface area contributed by atoms with Crippen LogP contribution in [0.15, 0.2) is 47.0 Å². The van der Waals surface area contributed by atoms with E-state index in [1.807, 2.05) is 42.2 Å². The largest absolute Gasteiger partial charge is 0.497 e. The molecule has 1 N–H and O–H groups in total. The van der Waals surface area contributed by atoms with Crippen molar-refractivity contribution >= 4 is 17.3 Å². The van der Waals surface area contributed by atoms with Crippen LogP contribution in [0.4, 0.5) is 11.4 Å². The molecule has 4 rings (SSSR count). The summed E-state index contributed by atoms with van der Waals surface area (Å²) in [6.45, 7) is 5.43. The Balaban J connectivity index is 1.49. The van der Waals surface area contributed by atoms with Crippen molar-refractivity contribution in [2.45, 2.75) is 45.4 Å². The number of aromatic nitrogens is 2. The van der Waals surface area contributed by atoms with Crippen LogP contribution in [-0.2, 0) is 6.42 Å². The molecule has 0 saturated carbocycles. The summed E-state index contributed by atoms with van der Waals surface area (Å²) in [5.74, 6) is 1.68. The highest BCUT2D eigenvalue weighted by atomic mass is 16.5. The molecule has 2 aromatic heterocycles. The van der Waals surface area contributed by atoms with Gasteiger partial charge in [-0.3, -0.25) is 9.78 Å². The van der Waals surface area contributed by atoms with E-state index in [1.165, 1.54) is 0 Å². The molecule has 1 atom stereocenters. The number of benzene rings is 1. The highest BCUT2D eigenvalue weighted by molar-refractivity contribution is 5.92. The number of methoxy groups -OCH3 is 1. The number of carbonyl (C=O) groups is 1. The van der Waals surface area contributed by atoms with Crippen LogP contribution in [0.1, 0.15) is 59.7 Å². The summed E-state index contributed by atoms with van der Waals surface area (Å²) in [6.07, 6.45) is 3.68. The molecule has 1 aliphatic rings. The van der Waals surface area contributed by atoms with Crippen molar-refractivity contribution < 1.29 is 14.1 Å². The Morgan fingerprint density at radius 3 is 2.94 bits per heavy atom. The highest BCUT2D eigenvalue weighted by Gasteiger charge is 2.28. The van der Waals surface area contributed by atoms with E-state index in [9.17, 15) is 4.79 Å². The Bertz CT molecular complexity index is 1080. The van der Waals surface area contributed by atoms with Gasteiger partial charge in [0.05, 0.1) is 7.11 Å². The van der Waals surface area contributed by atoms with Crippen LogP contribution in [0.2, 0.25) is 0 Å². The molecule has 7 nitrogen and oxygen atoms in total. The van der Waals surface area contributed by atoms with Gasteiger partial charge in [0.2, 0.25) is 0 Å². The molecule has 1 aliphatic heterocycles. The van der Waals surface area contributed by atoms with E-state index in [-0.39, 0.29) is 11.8 Å². The molecule has 0 unspecified atom stereocenters. The zero-order valence-electron chi connectivity index (χ0n) is 18.9. The number of carbonyl (C=O) groups excluding carboxylic acids is 1. The fourth-order valence-corrected chi connectivity index (χ4v) is 4.19. The number of likely N-dealkylation sites (tertiary alicyclic amines) is 1. The van der Waals surface area contributed by atoms with Crippen LogP contribution in [0.25, 0.3) is 0 Å². The molecule has 1 amide bonds. The first kappa shape index (κ1) is 21.9. The van der Waals surface area contributed by atoms with Crippen molar-refractivity contribution in [1.29, 1.82) is 0 Å². The summed E-state index contributed by atoms with van der Waals surface area (Å²) in [5, 5.41) is 7.45. The third kappa shape index (κ3) is 5.10. The van der Waals surface area contributed by atoms with E-state index < -0.39 is 0 Å². The lowest BCUT2D eigenvalue weighted by atomic mass is 9.93. The zero-order valence-corrected chi connectivity index (χ0v) is 18.9. The molecule has 32 heavy (non-hydrogen) atoms. The molecule has 1 aromatic carbocycles. The summed E-state index contributed by atoms with van der Waals surface area (Å²) >= 11 is 0. The molecule has 1 fully saturated rings. The van der Waals surface area contributed by atoms with Crippen LogP contribution < -0.4 is 10.1 Å². The lowest BCUT2D eigenvalue weighted by molar-refractivity contribution is 0.0695. The molecule has 7 heteroatoms. The average Bonchev–Trinajstić information content (AvgIpc) is 3.27. The maximum absolute atomic E-state index is 13.0. The van der Waals surface area contributed by atoms with Gasteiger partial charge in [0, 0.05) is 60.3 Å². The van der Waals surface area contributed by atoms with Crippen molar-refractivity contribution in [2.75, 3.05) is 25.5 Å². The minimum atomic E-state index is -0.0665. The number of aryl methyl sites for hydroxylation is 2. The normalized spacial score (nSPS) is 16.1. The fraction of sp³-hybridized carbons (Fsp3) is 0.400. The van der Waals surface area contributed by atoms with Crippen LogP contribution in [0.5, 0.6) is 5.75 Å². The smallest absolute Gasteiger partial charge is 0.276 e. The first-order valence-corrected chi connectivity index (χ1v) is 11.2. The maximum Gasteiger partial charge on any atom is 0.276 e. The van der Waals surface area contributed by atoms with E-state index in [4.69, 9.17) is 14.2 Å². The van der Waals surface area contributed by atoms with E-state index in [0.29, 0.717) is 12.2 Å². The predicted octanol–water partition coefficient (Wildman–Crippen LogP) is 5.10. The topological polar surface area (TPSA) is 80.5 Å². The van der Waals surface area contributed by atoms with E-state index in [2.05, 4.69) is 23.5 Å². The number of nitrogens with zero attached hydrogens (tertiary/aromatic N) is 3. The molecule has 3 heterocycles. The molecule has 0 spiro atoms. The Hall–Kier alpha value is -3.35. The summed E-state index contributed by atoms with van der Waals surface area (Å²) in [4.78, 5) is 19.7. The van der Waals surface area contributed by atoms with Crippen molar-refractivity contribution in [3.63, 3.8) is 0 Å². The summed E-state index contributed by atoms with van der Waals surface area (Å²) < 4.78 is 10.6. The number of pyridine rings is 1. The lowest BCUT2D eigenvalue weighted by Crippen LogP contribution is -2.39. The monoisotopic (exact) mass is 434 g/mol. The molecule has 0 radical (unpaired) electrons. The molecular weight excluding hydrogens is 404 g/mol. The van der Waals surface area contributed by atoms with Gasteiger partial charge in [0.15, 0.2) is 5.69 Å². The number of hydrogen-bond acceptors (Lipinski definition) is 6. The molecular formula is C25H30N4O3. The Morgan fingerprint density at radius 2 is 2.12 bits per heavy atom. The molecule has 1 saturated heterocycles. The second kappa shape index (κ2) is 9.85. The van der Waals surface area contributed by atoms with Gasteiger partial charge in [-0.2, -0.15) is 0 Å². The number of amides is 1. The Morgan fingerprint density at radius 1 is 1.25 bits per heavy atom. The second-order valence-corrected chi connectivity index (χ2v) is 8.30. The zero-order chi connectivity index (χ0) is 22.5. The summed E-state index contributed by atoms with van der Waals surface area (Å²) in [7, 11) is 1.66. The van der Waals surface area contributed by atoms with Crippen LogP contribution in [0.3, 0.4) is 0 Å². The predicted molar refractivity (Wildman–Crippen MR) is 124 cm³/mol. The van der Waals surface area contributed by atoms with E-state index >= 15 is 0 Å². The van der Waals surface area contributed by atoms with Gasteiger partial charge in [0.25, 0.3) is 5.91 Å². The maximum atomic E-state index is 13.0. The van der Waals surface area contributed by atoms with E-state index in [0.717, 1.165) is 66.5 Å². The van der Waals surface area contributed by atoms with Gasteiger partial charge in [-0.05, 0) is 50.5 Å². The first-order chi connectivity index (χ1) is 15.6. The van der Waals surface area contributed by atoms with Crippen LogP contribution >= 0.6 is 0 Å². The van der Waals surface area contributed by atoms with Gasteiger partial charge >= 0.3 is 0 Å². The number of piperidine rings is 1. The van der Waals surface area contributed by atoms with Gasteiger partial charge in [0.1, 0.15) is 11.5 Å². The summed E-state index contributed by atoms with van der Waals surface area (Å²) in [6, 6.07) is 13.7. The van der Waals surface area contributed by atoms with Crippen molar-refractivity contribution in [1.82, 2.24) is 15.0 Å². The number of rotatable bonds is 7. The highest BCUT2D eigenvalue weighted by Crippen LogP contribution is 2.30. The summed E-state index contributed by atoms with van der Waals surface area (Å²) in [5.41, 5.74) is 4.27. The van der Waals surface area contributed by atoms with Gasteiger partial charge in [-0.15, -0.1) is 0 Å². The third-order valence-electron chi connectivity index (χ3n) is 5.73. The van der Waals surface area contributed by atoms with Crippen LogP contribution in [0, 0.1) is 6.92 Å². The van der Waals surface area contributed by atoms with Gasteiger partial charge < -0.3 is 19.5 Å². The number of ether oxygens (including phenoxy) is 1. The lowest BCUT2D eigenvalue weighted by Gasteiger charge is -2.32. The molecule has 3 aromatic rings. The first-order valence-electron chi connectivity index (χ1n) is 11.2. The average molecular weight is 435 g/mol. The molecule has 0 aliphatic carbocycles. The van der Waals surface area contributed by atoms with Crippen LogP contribution in [-0.4, -0.2) is 41.1 Å². The minimum Gasteiger partial charge on any atom is -0.497 e. The third-order valence-corrected chi connectivity index (χ3v) is 5.73. The van der Waals surface area contributed by atoms with Crippen molar-refractivity contribution in [2.24, 2.45) is 0 Å². The van der Waals surface area contributed by atoms with Gasteiger partial charge in [-0.1, -0.05) is 18.1 Å². The van der Waals surface area contributed by atoms with Crippen molar-refractivity contribution in [3.05, 3.63) is 65.3 Å². The molecule has 168 valence electrons. The number of nitrogens with one attached hydrogen (secondary N) is 1. The quantitative estimate of drug-likeness (QED) is 0.557.